The topological polar surface area (TPSA) is 112 Å². The van der Waals surface area contributed by atoms with Crippen molar-refractivity contribution in [2.75, 3.05) is 19.8 Å². The molecule has 0 aliphatic rings. The number of esters is 1. The van der Waals surface area contributed by atoms with Crippen LogP contribution in [0.25, 0.3) is 0 Å². The van der Waals surface area contributed by atoms with Gasteiger partial charge in [0.2, 0.25) is 0 Å². The van der Waals surface area contributed by atoms with Crippen LogP contribution in [0, 0.1) is 0 Å². The molecule has 0 aliphatic heterocycles. The fourth-order valence-corrected chi connectivity index (χ4v) is 1.58. The summed E-state index contributed by atoms with van der Waals surface area (Å²) in [5.74, 6) is -0.516. The Bertz CT molecular complexity index is 366. The van der Waals surface area contributed by atoms with Gasteiger partial charge in [0.1, 0.15) is 6.10 Å². The fourth-order valence-electron chi connectivity index (χ4n) is 1.18. The number of phosphoric ester groups is 1. The molecule has 0 radical (unpaired) electrons. The standard InChI is InChI=1S/C12H23O8P/c1-5-12(13)20-11(4)7-18-9(2)6-17-10(3)8-19-21(14,15)16/h5,9-11H,1,6-8H2,2-4H3,(H2,14,15,16). The van der Waals surface area contributed by atoms with Crippen molar-refractivity contribution in [1.29, 1.82) is 0 Å². The molecule has 3 unspecified atom stereocenters. The number of hydrogen-bond acceptors (Lipinski definition) is 6. The SMILES string of the molecule is C=CC(=O)OC(C)COC(C)COC(C)COP(=O)(O)O. The van der Waals surface area contributed by atoms with E-state index < -0.39 is 26.0 Å². The summed E-state index contributed by atoms with van der Waals surface area (Å²) in [6.07, 6.45) is -0.0911. The second-order valence-electron chi connectivity index (χ2n) is 4.53. The van der Waals surface area contributed by atoms with E-state index in [9.17, 15) is 9.36 Å². The maximum atomic E-state index is 10.9. The number of rotatable bonds is 11. The third kappa shape index (κ3) is 12.7. The Morgan fingerprint density at radius 2 is 1.57 bits per heavy atom. The lowest BCUT2D eigenvalue weighted by molar-refractivity contribution is -0.147. The lowest BCUT2D eigenvalue weighted by atomic mass is 10.4. The van der Waals surface area contributed by atoms with Crippen molar-refractivity contribution in [3.05, 3.63) is 12.7 Å². The van der Waals surface area contributed by atoms with Crippen LogP contribution in [-0.2, 0) is 28.1 Å². The van der Waals surface area contributed by atoms with Crippen LogP contribution in [0.15, 0.2) is 12.7 Å². The van der Waals surface area contributed by atoms with Gasteiger partial charge in [-0.15, -0.1) is 0 Å². The molecule has 0 saturated carbocycles. The van der Waals surface area contributed by atoms with Crippen molar-refractivity contribution in [3.8, 4) is 0 Å². The normalized spacial score (nSPS) is 16.0. The zero-order chi connectivity index (χ0) is 16.5. The van der Waals surface area contributed by atoms with E-state index in [-0.39, 0.29) is 25.9 Å². The molecule has 0 aromatic heterocycles. The van der Waals surface area contributed by atoms with Gasteiger partial charge in [-0.2, -0.15) is 0 Å². The van der Waals surface area contributed by atoms with E-state index in [1.165, 1.54) is 0 Å². The quantitative estimate of drug-likeness (QED) is 0.329. The van der Waals surface area contributed by atoms with Crippen molar-refractivity contribution in [1.82, 2.24) is 0 Å². The molecule has 0 aromatic rings. The van der Waals surface area contributed by atoms with Crippen LogP contribution in [0.1, 0.15) is 20.8 Å². The first-order valence-corrected chi connectivity index (χ1v) is 7.93. The summed E-state index contributed by atoms with van der Waals surface area (Å²) in [6.45, 7) is 8.56. The smallest absolute Gasteiger partial charge is 0.457 e. The third-order valence-electron chi connectivity index (χ3n) is 2.19. The minimum atomic E-state index is -4.48. The van der Waals surface area contributed by atoms with E-state index >= 15 is 0 Å². The first-order valence-electron chi connectivity index (χ1n) is 6.40. The van der Waals surface area contributed by atoms with Gasteiger partial charge in [0, 0.05) is 6.08 Å². The fraction of sp³-hybridized carbons (Fsp3) is 0.750. The van der Waals surface area contributed by atoms with Crippen molar-refractivity contribution in [3.63, 3.8) is 0 Å². The molecule has 0 aliphatic carbocycles. The van der Waals surface area contributed by atoms with E-state index in [2.05, 4.69) is 11.1 Å². The van der Waals surface area contributed by atoms with E-state index in [1.54, 1.807) is 20.8 Å². The van der Waals surface area contributed by atoms with Gasteiger partial charge in [-0.3, -0.25) is 4.52 Å². The number of ether oxygens (including phenoxy) is 3. The van der Waals surface area contributed by atoms with Gasteiger partial charge in [-0.1, -0.05) is 6.58 Å². The highest BCUT2D eigenvalue weighted by Gasteiger charge is 2.17. The highest BCUT2D eigenvalue weighted by Crippen LogP contribution is 2.35. The summed E-state index contributed by atoms with van der Waals surface area (Å²) in [7, 11) is -4.48. The number of carbonyl (C=O) groups excluding carboxylic acids is 1. The van der Waals surface area contributed by atoms with Crippen LogP contribution in [0.5, 0.6) is 0 Å². The lowest BCUT2D eigenvalue weighted by Crippen LogP contribution is -2.27. The minimum absolute atomic E-state index is 0.206. The molecule has 0 fully saturated rings. The third-order valence-corrected chi connectivity index (χ3v) is 2.68. The molecule has 2 N–H and O–H groups in total. The van der Waals surface area contributed by atoms with Crippen molar-refractivity contribution >= 4 is 13.8 Å². The van der Waals surface area contributed by atoms with Gasteiger partial charge in [0.15, 0.2) is 0 Å². The Hall–Kier alpha value is -0.760. The summed E-state index contributed by atoms with van der Waals surface area (Å²) in [4.78, 5) is 28.0. The Labute approximate surface area is 124 Å². The average Bonchev–Trinajstić information content (AvgIpc) is 2.39. The second-order valence-corrected chi connectivity index (χ2v) is 5.77. The monoisotopic (exact) mass is 326 g/mol. The van der Waals surface area contributed by atoms with Gasteiger partial charge in [-0.25, -0.2) is 9.36 Å². The van der Waals surface area contributed by atoms with Gasteiger partial charge in [-0.05, 0) is 20.8 Å². The summed E-state index contributed by atoms with van der Waals surface area (Å²) >= 11 is 0. The zero-order valence-corrected chi connectivity index (χ0v) is 13.3. The highest BCUT2D eigenvalue weighted by molar-refractivity contribution is 7.46. The van der Waals surface area contributed by atoms with Gasteiger partial charge < -0.3 is 24.0 Å². The Morgan fingerprint density at radius 3 is 2.05 bits per heavy atom. The highest BCUT2D eigenvalue weighted by atomic mass is 31.2. The maximum absolute atomic E-state index is 10.9. The summed E-state index contributed by atoms with van der Waals surface area (Å²) in [5.41, 5.74) is 0. The molecule has 0 rings (SSSR count). The lowest BCUT2D eigenvalue weighted by Gasteiger charge is -2.19. The van der Waals surface area contributed by atoms with Gasteiger partial charge in [0.25, 0.3) is 0 Å². The predicted molar refractivity (Wildman–Crippen MR) is 74.6 cm³/mol. The zero-order valence-electron chi connectivity index (χ0n) is 12.4. The van der Waals surface area contributed by atoms with Crippen molar-refractivity contribution in [2.24, 2.45) is 0 Å². The molecule has 8 nitrogen and oxygen atoms in total. The molecule has 0 saturated heterocycles. The van der Waals surface area contributed by atoms with Gasteiger partial charge >= 0.3 is 13.8 Å². The largest absolute Gasteiger partial charge is 0.469 e. The van der Waals surface area contributed by atoms with Gasteiger partial charge in [0.05, 0.1) is 32.0 Å². The molecule has 0 amide bonds. The maximum Gasteiger partial charge on any atom is 0.469 e. The number of carbonyl (C=O) groups is 1. The second kappa shape index (κ2) is 10.0. The molecule has 124 valence electrons. The molecular formula is C12H23O8P. The Kier molecular flexibility index (Phi) is 9.68. The van der Waals surface area contributed by atoms with E-state index in [4.69, 9.17) is 24.0 Å². The first-order chi connectivity index (χ1) is 9.64. The average molecular weight is 326 g/mol. The summed E-state index contributed by atoms with van der Waals surface area (Å²) in [5, 5.41) is 0. The molecule has 0 aromatic carbocycles. The van der Waals surface area contributed by atoms with Crippen LogP contribution in [-0.4, -0.2) is 53.9 Å². The summed E-state index contributed by atoms with van der Waals surface area (Å²) < 4.78 is 30.5. The predicted octanol–water partition coefficient (Wildman–Crippen LogP) is 1.02. The number of phosphoric acid groups is 1. The molecule has 21 heavy (non-hydrogen) atoms. The van der Waals surface area contributed by atoms with E-state index in [0.717, 1.165) is 6.08 Å². The first kappa shape index (κ1) is 20.2. The van der Waals surface area contributed by atoms with Crippen LogP contribution in [0.2, 0.25) is 0 Å². The van der Waals surface area contributed by atoms with Crippen molar-refractivity contribution < 1.29 is 37.9 Å². The molecule has 0 spiro atoms. The Balaban J connectivity index is 3.79. The molecular weight excluding hydrogens is 303 g/mol. The Morgan fingerprint density at radius 1 is 1.10 bits per heavy atom. The van der Waals surface area contributed by atoms with Crippen LogP contribution in [0.3, 0.4) is 0 Å². The molecule has 3 atom stereocenters. The van der Waals surface area contributed by atoms with Crippen LogP contribution in [0.4, 0.5) is 0 Å². The number of hydrogen-bond donors (Lipinski definition) is 2. The molecule has 9 heteroatoms. The van der Waals surface area contributed by atoms with E-state index in [1.807, 2.05) is 0 Å². The minimum Gasteiger partial charge on any atom is -0.457 e. The van der Waals surface area contributed by atoms with E-state index in [0.29, 0.717) is 0 Å². The molecule has 0 bridgehead atoms. The molecule has 0 heterocycles. The summed E-state index contributed by atoms with van der Waals surface area (Å²) in [6, 6.07) is 0. The van der Waals surface area contributed by atoms with Crippen LogP contribution < -0.4 is 0 Å². The van der Waals surface area contributed by atoms with Crippen molar-refractivity contribution in [2.45, 2.75) is 39.1 Å². The van der Waals surface area contributed by atoms with Crippen LogP contribution >= 0.6 is 7.82 Å².